The molecule has 186 valence electrons. The van der Waals surface area contributed by atoms with Crippen LogP contribution in [0.15, 0.2) is 60.7 Å². The van der Waals surface area contributed by atoms with Crippen molar-refractivity contribution in [2.75, 3.05) is 35.8 Å². The number of anilines is 4. The summed E-state index contributed by atoms with van der Waals surface area (Å²) in [7, 11) is 3.66. The number of hydrogen-bond acceptors (Lipinski definition) is 7. The molecule has 0 saturated carbocycles. The number of nitrogens with one attached hydrogen (secondary N) is 4. The van der Waals surface area contributed by atoms with Crippen LogP contribution in [0.25, 0.3) is 32.9 Å². The molecule has 0 fully saturated rings. The van der Waals surface area contributed by atoms with Gasteiger partial charge in [0.25, 0.3) is 0 Å². The number of carbonyl (C=O) groups excluding carboxylic acids is 2. The van der Waals surface area contributed by atoms with Crippen LogP contribution < -0.4 is 21.7 Å². The monoisotopic (exact) mass is 638 g/mol. The molecule has 2 aromatic heterocycles. The average molecular weight is 638 g/mol. The van der Waals surface area contributed by atoms with Gasteiger partial charge in [-0.1, -0.05) is 6.07 Å². The molecule has 0 saturated heterocycles. The summed E-state index contributed by atoms with van der Waals surface area (Å²) in [6, 6.07) is 17.9. The van der Waals surface area contributed by atoms with Crippen molar-refractivity contribution in [1.29, 1.82) is 0 Å². The van der Waals surface area contributed by atoms with Gasteiger partial charge in [-0.05, 0) is 66.4 Å². The van der Waals surface area contributed by atoms with Crippen molar-refractivity contribution in [3.63, 3.8) is 0 Å². The number of aromatic nitrogens is 2. The van der Waals surface area contributed by atoms with Gasteiger partial charge in [0.05, 0.1) is 11.0 Å². The Balaban J connectivity index is -0.000000501. The molecular formula is C24H28N8O2Y2-4. The van der Waals surface area contributed by atoms with E-state index in [1.807, 2.05) is 56.6 Å². The van der Waals surface area contributed by atoms with E-state index in [-0.39, 0.29) is 80.3 Å². The number of fused-ring (bicyclic) bond motifs is 2. The first-order valence-corrected chi connectivity index (χ1v) is 9.36. The second-order valence-electron chi connectivity index (χ2n) is 6.30. The van der Waals surface area contributed by atoms with Gasteiger partial charge in [0.1, 0.15) is 11.6 Å². The van der Waals surface area contributed by atoms with Crippen LogP contribution >= 0.6 is 0 Å². The van der Waals surface area contributed by atoms with Gasteiger partial charge in [-0.15, -0.1) is 0 Å². The number of amides is 2. The molecule has 0 spiro atoms. The summed E-state index contributed by atoms with van der Waals surface area (Å²) in [5.41, 5.74) is 15.6. The molecule has 0 aliphatic rings. The van der Waals surface area contributed by atoms with E-state index in [9.17, 15) is 4.79 Å². The number of benzene rings is 2. The largest absolute Gasteiger partial charge is 0.724 e. The van der Waals surface area contributed by atoms with E-state index in [0.717, 1.165) is 39.1 Å². The van der Waals surface area contributed by atoms with Crippen molar-refractivity contribution >= 4 is 56.9 Å². The predicted molar refractivity (Wildman–Crippen MR) is 142 cm³/mol. The van der Waals surface area contributed by atoms with Crippen LogP contribution in [0.1, 0.15) is 0 Å². The Kier molecular flexibility index (Phi) is 20.8. The predicted octanol–water partition coefficient (Wildman–Crippen LogP) is 5.51. The molecule has 6 N–H and O–H groups in total. The van der Waals surface area contributed by atoms with E-state index in [4.69, 9.17) is 21.7 Å². The number of pyridine rings is 2. The number of nitrogens with zero attached hydrogens (tertiary/aromatic N) is 3. The van der Waals surface area contributed by atoms with Crippen LogP contribution in [0.3, 0.4) is 0 Å². The summed E-state index contributed by atoms with van der Waals surface area (Å²) in [5, 5.41) is 17.1. The summed E-state index contributed by atoms with van der Waals surface area (Å²) in [6.45, 7) is 0. The van der Waals surface area contributed by atoms with Crippen LogP contribution in [-0.2, 0) is 70.2 Å². The maximum Gasteiger partial charge on any atom is 0.153 e. The Bertz CT molecular complexity index is 1270. The first-order valence-electron chi connectivity index (χ1n) is 9.36. The van der Waals surface area contributed by atoms with E-state index >= 15 is 0 Å². The second-order valence-corrected chi connectivity index (χ2v) is 6.30. The third kappa shape index (κ3) is 12.0. The smallest absolute Gasteiger partial charge is 0.153 e. The minimum atomic E-state index is -0.820. The Morgan fingerprint density at radius 3 is 1.75 bits per heavy atom. The SMILES string of the molecule is CNc1ccc2cc(N)ccc2n1.CNc1ccc2cc(NC([NH-])=O)ccc2n1.[CH3-].[CH3-].[N-]=C=O.[Y].[Y]. The van der Waals surface area contributed by atoms with Crippen LogP contribution in [0.2, 0.25) is 0 Å². The van der Waals surface area contributed by atoms with E-state index in [1.165, 1.54) is 0 Å². The van der Waals surface area contributed by atoms with Crippen molar-refractivity contribution in [3.8, 4) is 0 Å². The third-order valence-corrected chi connectivity index (χ3v) is 4.17. The quantitative estimate of drug-likeness (QED) is 0.0994. The van der Waals surface area contributed by atoms with Crippen molar-refractivity contribution in [1.82, 2.24) is 9.97 Å². The first kappa shape index (κ1) is 38.1. The molecule has 10 nitrogen and oxygen atoms in total. The van der Waals surface area contributed by atoms with Gasteiger partial charge in [0.15, 0.2) is 6.03 Å². The molecule has 0 aliphatic heterocycles. The number of hydrogen-bond donors (Lipinski definition) is 4. The second kappa shape index (κ2) is 19.7. The van der Waals surface area contributed by atoms with Gasteiger partial charge >= 0.3 is 0 Å². The molecule has 0 atom stereocenters. The summed E-state index contributed by atoms with van der Waals surface area (Å²) < 4.78 is 0. The summed E-state index contributed by atoms with van der Waals surface area (Å²) >= 11 is 0. The Morgan fingerprint density at radius 1 is 0.861 bits per heavy atom. The van der Waals surface area contributed by atoms with Crippen LogP contribution in [-0.4, -0.2) is 36.2 Å². The molecule has 0 bridgehead atoms. The summed E-state index contributed by atoms with van der Waals surface area (Å²) in [5.74, 6) is 1.67. The van der Waals surface area contributed by atoms with Gasteiger partial charge in [-0.25, -0.2) is 9.97 Å². The Hall–Kier alpha value is -2.48. The zero-order valence-corrected chi connectivity index (χ0v) is 26.3. The third-order valence-electron chi connectivity index (χ3n) is 4.17. The zero-order valence-electron chi connectivity index (χ0n) is 20.7. The molecule has 12 heteroatoms. The van der Waals surface area contributed by atoms with Crippen molar-refractivity contribution in [2.24, 2.45) is 0 Å². The Morgan fingerprint density at radius 2 is 1.31 bits per heavy atom. The minimum absolute atomic E-state index is 0. The summed E-state index contributed by atoms with van der Waals surface area (Å²) in [4.78, 5) is 27.5. The number of carbonyl (C=O) groups is 1. The molecule has 2 aromatic carbocycles. The molecular weight excluding hydrogens is 610 g/mol. The topological polar surface area (TPSA) is 168 Å². The van der Waals surface area contributed by atoms with Crippen LogP contribution in [0, 0.1) is 14.9 Å². The molecule has 2 radical (unpaired) electrons. The van der Waals surface area contributed by atoms with Crippen molar-refractivity contribution in [2.45, 2.75) is 0 Å². The van der Waals surface area contributed by atoms with E-state index in [2.05, 4.69) is 25.9 Å². The van der Waals surface area contributed by atoms with Gasteiger partial charge < -0.3 is 47.7 Å². The van der Waals surface area contributed by atoms with Crippen molar-refractivity contribution < 1.29 is 75.0 Å². The van der Waals surface area contributed by atoms with Gasteiger partial charge in [0, 0.05) is 96.0 Å². The minimum Gasteiger partial charge on any atom is -0.724 e. The molecule has 4 aromatic rings. The fraction of sp³-hybridized carbons (Fsp3) is 0.0833. The molecule has 0 aliphatic carbocycles. The average Bonchev–Trinajstić information content (AvgIpc) is 2.79. The van der Waals surface area contributed by atoms with Gasteiger partial charge in [-0.3, -0.25) is 9.59 Å². The number of nitrogen functional groups attached to an aromatic ring is 1. The first-order chi connectivity index (χ1) is 15.4. The standard InChI is InChI=1S/C11H12N4O.C10H11N3.CNO.2CH3.2Y/c1-13-10-5-2-7-6-8(14-11(12)16)3-4-9(7)15-10;1-12-10-5-2-7-6-8(11)3-4-9(7)13-10;2-1-3;;;;/h2-6H,1H3,(H4,12,13,14,15,16);2-6H,11H2,1H3,(H,12,13);;2*1H3;;/q;;3*-1;;/p-1. The molecule has 4 rings (SSSR count). The summed E-state index contributed by atoms with van der Waals surface area (Å²) in [6.07, 6.45) is 0.500. The number of nitrogens with two attached hydrogens (primary N) is 1. The van der Waals surface area contributed by atoms with Crippen LogP contribution in [0.5, 0.6) is 0 Å². The molecule has 2 heterocycles. The number of urea groups is 1. The fourth-order valence-electron chi connectivity index (χ4n) is 2.76. The van der Waals surface area contributed by atoms with Gasteiger partial charge in [0.2, 0.25) is 0 Å². The van der Waals surface area contributed by atoms with Crippen molar-refractivity contribution in [3.05, 3.63) is 86.7 Å². The molecule has 36 heavy (non-hydrogen) atoms. The molecule has 0 unspecified atom stereocenters. The van der Waals surface area contributed by atoms with E-state index in [0.29, 0.717) is 11.8 Å². The van der Waals surface area contributed by atoms with E-state index in [1.54, 1.807) is 18.2 Å². The zero-order chi connectivity index (χ0) is 23.5. The maximum absolute atomic E-state index is 10.6. The maximum atomic E-state index is 10.6. The normalized spacial score (nSPS) is 8.39. The number of isocyanates is 1. The number of rotatable bonds is 3. The Labute approximate surface area is 262 Å². The molecule has 2 amide bonds. The fourth-order valence-corrected chi connectivity index (χ4v) is 2.76. The van der Waals surface area contributed by atoms with Gasteiger partial charge in [-0.2, -0.15) is 0 Å². The van der Waals surface area contributed by atoms with E-state index < -0.39 is 6.03 Å². The van der Waals surface area contributed by atoms with Crippen LogP contribution in [0.4, 0.5) is 27.8 Å².